The van der Waals surface area contributed by atoms with Crippen molar-refractivity contribution in [3.05, 3.63) is 64.7 Å². The van der Waals surface area contributed by atoms with Gasteiger partial charge in [0.2, 0.25) is 0 Å². The van der Waals surface area contributed by atoms with Crippen LogP contribution in [-0.4, -0.2) is 18.3 Å². The van der Waals surface area contributed by atoms with Crippen molar-refractivity contribution >= 4 is 23.3 Å². The normalized spacial score (nSPS) is 15.2. The van der Waals surface area contributed by atoms with Crippen molar-refractivity contribution in [1.29, 1.82) is 0 Å². The van der Waals surface area contributed by atoms with Gasteiger partial charge in [-0.1, -0.05) is 41.0 Å². The first-order valence-corrected chi connectivity index (χ1v) is 6.88. The summed E-state index contributed by atoms with van der Waals surface area (Å²) < 4.78 is 5.52. The van der Waals surface area contributed by atoms with E-state index in [2.05, 4.69) is 5.16 Å². The summed E-state index contributed by atoms with van der Waals surface area (Å²) in [4.78, 5) is 17.0. The fourth-order valence-corrected chi connectivity index (χ4v) is 2.30. The molecule has 0 amide bonds. The molecule has 0 aliphatic carbocycles. The molecule has 21 heavy (non-hydrogen) atoms. The summed E-state index contributed by atoms with van der Waals surface area (Å²) in [7, 11) is 0. The van der Waals surface area contributed by atoms with Gasteiger partial charge in [-0.2, -0.15) is 0 Å². The molecule has 0 saturated carbocycles. The van der Waals surface area contributed by atoms with Crippen LogP contribution in [0, 0.1) is 0 Å². The molecule has 0 N–H and O–H groups in total. The fourth-order valence-electron chi connectivity index (χ4n) is 2.09. The minimum atomic E-state index is -0.572. The van der Waals surface area contributed by atoms with Gasteiger partial charge in [-0.15, -0.1) is 0 Å². The molecule has 0 atom stereocenters. The number of carbonyl (C=O) groups excluding carboxylic acids is 1. The molecule has 0 spiro atoms. The van der Waals surface area contributed by atoms with E-state index in [4.69, 9.17) is 21.2 Å². The van der Waals surface area contributed by atoms with Crippen LogP contribution < -0.4 is 4.74 Å². The average molecular weight is 302 g/mol. The summed E-state index contributed by atoms with van der Waals surface area (Å²) in [6, 6.07) is 14.2. The second kappa shape index (κ2) is 5.97. The molecular weight excluding hydrogens is 290 g/mol. The minimum absolute atomic E-state index is 0.295. The largest absolute Gasteiger partial charge is 0.492 e. The molecule has 106 valence electrons. The van der Waals surface area contributed by atoms with Gasteiger partial charge in [-0.05, 0) is 24.3 Å². The van der Waals surface area contributed by atoms with E-state index in [1.165, 1.54) is 0 Å². The number of ether oxygens (including phenoxy) is 1. The Labute approximate surface area is 126 Å². The SMILES string of the molecule is O=C(ON=C1CCOc2ccccc21)c1ccccc1Cl. The standard InChI is InChI=1S/C16H12ClNO3/c17-13-7-3-1-5-11(13)16(19)21-18-14-9-10-20-15-8-4-2-6-12(14)15/h1-8H,9-10H2. The van der Waals surface area contributed by atoms with Crippen LogP contribution in [0.2, 0.25) is 5.02 Å². The molecule has 5 heteroatoms. The monoisotopic (exact) mass is 301 g/mol. The Morgan fingerprint density at radius 1 is 1.14 bits per heavy atom. The zero-order valence-electron chi connectivity index (χ0n) is 11.1. The molecule has 3 rings (SSSR count). The maximum Gasteiger partial charge on any atom is 0.367 e. The van der Waals surface area contributed by atoms with Crippen LogP contribution in [0.5, 0.6) is 5.75 Å². The number of fused-ring (bicyclic) bond motifs is 1. The number of nitrogens with zero attached hydrogens (tertiary/aromatic N) is 1. The Morgan fingerprint density at radius 3 is 2.76 bits per heavy atom. The van der Waals surface area contributed by atoms with Gasteiger partial charge in [0, 0.05) is 12.0 Å². The molecule has 0 bridgehead atoms. The summed E-state index contributed by atoms with van der Waals surface area (Å²) in [5.74, 6) is 0.174. The average Bonchev–Trinajstić information content (AvgIpc) is 2.53. The Kier molecular flexibility index (Phi) is 3.88. The maximum absolute atomic E-state index is 12.0. The fraction of sp³-hybridized carbons (Fsp3) is 0.125. The van der Waals surface area contributed by atoms with E-state index in [-0.39, 0.29) is 0 Å². The van der Waals surface area contributed by atoms with Crippen molar-refractivity contribution in [2.45, 2.75) is 6.42 Å². The van der Waals surface area contributed by atoms with E-state index in [0.29, 0.717) is 29.3 Å². The predicted molar refractivity (Wildman–Crippen MR) is 80.0 cm³/mol. The molecule has 0 radical (unpaired) electrons. The van der Waals surface area contributed by atoms with Gasteiger partial charge in [0.1, 0.15) is 5.75 Å². The molecule has 0 fully saturated rings. The highest BCUT2D eigenvalue weighted by Gasteiger charge is 2.18. The summed E-state index contributed by atoms with van der Waals surface area (Å²) in [6.45, 7) is 0.513. The van der Waals surface area contributed by atoms with Gasteiger partial charge < -0.3 is 9.57 Å². The Bertz CT molecular complexity index is 712. The number of carbonyl (C=O) groups is 1. The van der Waals surface area contributed by atoms with Gasteiger partial charge in [0.05, 0.1) is 22.9 Å². The van der Waals surface area contributed by atoms with Crippen LogP contribution in [0.1, 0.15) is 22.3 Å². The van der Waals surface area contributed by atoms with E-state index >= 15 is 0 Å². The van der Waals surface area contributed by atoms with Crippen molar-refractivity contribution in [2.24, 2.45) is 5.16 Å². The van der Waals surface area contributed by atoms with Gasteiger partial charge in [0.25, 0.3) is 0 Å². The van der Waals surface area contributed by atoms with Gasteiger partial charge in [-0.25, -0.2) is 4.79 Å². The number of benzene rings is 2. The number of para-hydroxylation sites is 1. The molecule has 0 saturated heterocycles. The molecule has 2 aromatic carbocycles. The van der Waals surface area contributed by atoms with Gasteiger partial charge in [0.15, 0.2) is 0 Å². The van der Waals surface area contributed by atoms with Crippen molar-refractivity contribution in [1.82, 2.24) is 0 Å². The van der Waals surface area contributed by atoms with E-state index in [9.17, 15) is 4.79 Å². The zero-order chi connectivity index (χ0) is 14.7. The number of hydrogen-bond acceptors (Lipinski definition) is 4. The Balaban J connectivity index is 1.82. The molecule has 1 heterocycles. The zero-order valence-corrected chi connectivity index (χ0v) is 11.8. The molecular formula is C16H12ClNO3. The number of oxime groups is 1. The Hall–Kier alpha value is -2.33. The van der Waals surface area contributed by atoms with Gasteiger partial charge in [-0.3, -0.25) is 0 Å². The summed E-state index contributed by atoms with van der Waals surface area (Å²) in [5, 5.41) is 4.31. The molecule has 4 nitrogen and oxygen atoms in total. The van der Waals surface area contributed by atoms with Crippen molar-refractivity contribution < 1.29 is 14.4 Å². The molecule has 1 aliphatic rings. The van der Waals surface area contributed by atoms with Crippen LogP contribution in [0.15, 0.2) is 53.7 Å². The second-order valence-corrected chi connectivity index (χ2v) is 4.90. The number of halogens is 1. The highest BCUT2D eigenvalue weighted by atomic mass is 35.5. The first-order valence-electron chi connectivity index (χ1n) is 6.50. The second-order valence-electron chi connectivity index (χ2n) is 4.49. The topological polar surface area (TPSA) is 47.9 Å². The molecule has 1 aliphatic heterocycles. The summed E-state index contributed by atoms with van der Waals surface area (Å²) in [6.07, 6.45) is 0.590. The molecule has 0 aromatic heterocycles. The van der Waals surface area contributed by atoms with E-state index in [1.54, 1.807) is 24.3 Å². The first kappa shape index (κ1) is 13.6. The van der Waals surface area contributed by atoms with Gasteiger partial charge >= 0.3 is 5.97 Å². The predicted octanol–water partition coefficient (Wildman–Crippen LogP) is 3.68. The van der Waals surface area contributed by atoms with E-state index in [0.717, 1.165) is 11.3 Å². The third-order valence-corrected chi connectivity index (χ3v) is 3.46. The van der Waals surface area contributed by atoms with Crippen LogP contribution in [0.3, 0.4) is 0 Å². The van der Waals surface area contributed by atoms with E-state index < -0.39 is 5.97 Å². The minimum Gasteiger partial charge on any atom is -0.492 e. The highest BCUT2D eigenvalue weighted by Crippen LogP contribution is 2.25. The lowest BCUT2D eigenvalue weighted by Gasteiger charge is -2.17. The third-order valence-electron chi connectivity index (χ3n) is 3.13. The lowest BCUT2D eigenvalue weighted by atomic mass is 10.0. The van der Waals surface area contributed by atoms with Crippen molar-refractivity contribution in [3.8, 4) is 5.75 Å². The molecule has 2 aromatic rings. The highest BCUT2D eigenvalue weighted by molar-refractivity contribution is 6.33. The summed E-state index contributed by atoms with van der Waals surface area (Å²) >= 11 is 5.95. The molecule has 0 unspecified atom stereocenters. The quantitative estimate of drug-likeness (QED) is 0.628. The lowest BCUT2D eigenvalue weighted by Crippen LogP contribution is -2.17. The first-order chi connectivity index (χ1) is 10.3. The summed E-state index contributed by atoms with van der Waals surface area (Å²) in [5.41, 5.74) is 1.83. The number of rotatable bonds is 2. The Morgan fingerprint density at radius 2 is 1.90 bits per heavy atom. The maximum atomic E-state index is 12.0. The van der Waals surface area contributed by atoms with Crippen molar-refractivity contribution in [3.63, 3.8) is 0 Å². The van der Waals surface area contributed by atoms with Crippen LogP contribution in [-0.2, 0) is 4.84 Å². The van der Waals surface area contributed by atoms with Crippen molar-refractivity contribution in [2.75, 3.05) is 6.61 Å². The third kappa shape index (κ3) is 2.90. The van der Waals surface area contributed by atoms with Crippen LogP contribution >= 0.6 is 11.6 Å². The smallest absolute Gasteiger partial charge is 0.367 e. The lowest BCUT2D eigenvalue weighted by molar-refractivity contribution is 0.0514. The number of hydrogen-bond donors (Lipinski definition) is 0. The van der Waals surface area contributed by atoms with Crippen LogP contribution in [0.25, 0.3) is 0 Å². The van der Waals surface area contributed by atoms with Crippen LogP contribution in [0.4, 0.5) is 0 Å². The van der Waals surface area contributed by atoms with E-state index in [1.807, 2.05) is 24.3 Å².